The van der Waals surface area contributed by atoms with E-state index in [4.69, 9.17) is 0 Å². The molecule has 0 heterocycles. The van der Waals surface area contributed by atoms with Crippen molar-refractivity contribution >= 4 is 27.9 Å². The summed E-state index contributed by atoms with van der Waals surface area (Å²) in [6.07, 6.45) is 8.28. The summed E-state index contributed by atoms with van der Waals surface area (Å²) in [5, 5.41) is 0. The third kappa shape index (κ3) is 5.92. The molecule has 0 aromatic carbocycles. The average molecular weight is 304 g/mol. The molecule has 0 aliphatic heterocycles. The molecule has 0 rings (SSSR count). The molecule has 1 nitrogen and oxygen atoms in total. The first kappa shape index (κ1) is 16.0. The first-order chi connectivity index (χ1) is 7.32. The summed E-state index contributed by atoms with van der Waals surface area (Å²) in [5.74, 6) is 0. The Kier molecular flexibility index (Phi) is 7.36. The fourth-order valence-corrected chi connectivity index (χ4v) is 2.03. The molecule has 16 heavy (non-hydrogen) atoms. The summed E-state index contributed by atoms with van der Waals surface area (Å²) >= 11 is 5.33. The van der Waals surface area contributed by atoms with E-state index in [0.717, 1.165) is 4.48 Å². The second-order valence-electron chi connectivity index (χ2n) is 4.45. The van der Waals surface area contributed by atoms with Gasteiger partial charge in [0.05, 0.1) is 0 Å². The maximum absolute atomic E-state index is 3.58. The molecule has 0 unspecified atom stereocenters. The molecule has 0 spiro atoms. The van der Waals surface area contributed by atoms with Crippen LogP contribution in [0.25, 0.3) is 0 Å². The third-order valence-corrected chi connectivity index (χ3v) is 4.63. The minimum absolute atomic E-state index is 0.153. The molecule has 0 saturated carbocycles. The molecular weight excluding hydrogens is 282 g/mol. The van der Waals surface area contributed by atoms with Gasteiger partial charge in [-0.05, 0) is 75.6 Å². The molecule has 0 aliphatic rings. The molecule has 0 aliphatic carbocycles. The van der Waals surface area contributed by atoms with E-state index in [9.17, 15) is 0 Å². The van der Waals surface area contributed by atoms with Gasteiger partial charge in [0.25, 0.3) is 0 Å². The maximum Gasteiger partial charge on any atom is 0.0369 e. The van der Waals surface area contributed by atoms with Crippen molar-refractivity contribution in [3.05, 3.63) is 33.7 Å². The molecule has 0 bridgehead atoms. The van der Waals surface area contributed by atoms with Gasteiger partial charge in [0.15, 0.2) is 0 Å². The molecule has 3 heteroatoms. The molecule has 0 aromatic heterocycles. The van der Waals surface area contributed by atoms with Gasteiger partial charge in [-0.15, -0.1) is 0 Å². The second kappa shape index (κ2) is 7.36. The van der Waals surface area contributed by atoms with Crippen molar-refractivity contribution in [2.24, 2.45) is 0 Å². The minimum atomic E-state index is 0.153. The number of hydrogen-bond donors (Lipinski definition) is 0. The van der Waals surface area contributed by atoms with Gasteiger partial charge in [-0.1, -0.05) is 18.2 Å². The predicted octanol–water partition coefficient (Wildman–Crippen LogP) is 5.12. The van der Waals surface area contributed by atoms with Crippen LogP contribution in [0.5, 0.6) is 0 Å². The van der Waals surface area contributed by atoms with E-state index in [1.165, 1.54) is 4.91 Å². The van der Waals surface area contributed by atoms with Gasteiger partial charge in [-0.2, -0.15) is 0 Å². The number of hydrogen-bond acceptors (Lipinski definition) is 2. The molecule has 92 valence electrons. The van der Waals surface area contributed by atoms with Crippen LogP contribution in [0.2, 0.25) is 0 Å². The Balaban J connectivity index is 4.83. The highest BCUT2D eigenvalue weighted by Gasteiger charge is 2.19. The Bertz CT molecular complexity index is 298. The van der Waals surface area contributed by atoms with E-state index in [2.05, 4.69) is 66.3 Å². The summed E-state index contributed by atoms with van der Waals surface area (Å²) in [5.41, 5.74) is 0.153. The summed E-state index contributed by atoms with van der Waals surface area (Å²) in [6, 6.07) is 0. The van der Waals surface area contributed by atoms with Crippen LogP contribution in [-0.4, -0.2) is 16.9 Å². The lowest BCUT2D eigenvalue weighted by Crippen LogP contribution is -2.32. The largest absolute Gasteiger partial charge is 0.244 e. The van der Waals surface area contributed by atoms with Gasteiger partial charge in [0.2, 0.25) is 0 Å². The molecule has 0 N–H and O–H groups in total. The Morgan fingerprint density at radius 3 is 2.19 bits per heavy atom. The summed E-state index contributed by atoms with van der Waals surface area (Å²) in [6.45, 7) is 10.7. The van der Waals surface area contributed by atoms with Crippen LogP contribution >= 0.6 is 27.9 Å². The summed E-state index contributed by atoms with van der Waals surface area (Å²) in [7, 11) is 2.12. The molecule has 0 atom stereocenters. The lowest BCUT2D eigenvalue weighted by atomic mass is 10.1. The van der Waals surface area contributed by atoms with Crippen molar-refractivity contribution in [3.63, 3.8) is 0 Å². The van der Waals surface area contributed by atoms with Crippen molar-refractivity contribution < 1.29 is 0 Å². The van der Waals surface area contributed by atoms with Crippen LogP contribution in [0, 0.1) is 0 Å². The Morgan fingerprint density at radius 1 is 1.25 bits per heavy atom. The zero-order chi connectivity index (χ0) is 12.8. The van der Waals surface area contributed by atoms with Gasteiger partial charge in [-0.3, -0.25) is 0 Å². The topological polar surface area (TPSA) is 3.24 Å². The van der Waals surface area contributed by atoms with Crippen molar-refractivity contribution in [2.75, 3.05) is 7.05 Å². The quantitative estimate of drug-likeness (QED) is 0.523. The second-order valence-corrected chi connectivity index (χ2v) is 6.48. The van der Waals surface area contributed by atoms with Crippen LogP contribution in [0.1, 0.15) is 34.6 Å². The predicted molar refractivity (Wildman–Crippen MR) is 80.7 cm³/mol. The van der Waals surface area contributed by atoms with Crippen LogP contribution in [0.15, 0.2) is 33.7 Å². The van der Waals surface area contributed by atoms with Gasteiger partial charge < -0.3 is 0 Å². The van der Waals surface area contributed by atoms with Crippen LogP contribution < -0.4 is 0 Å². The van der Waals surface area contributed by atoms with E-state index >= 15 is 0 Å². The van der Waals surface area contributed by atoms with E-state index in [0.29, 0.717) is 0 Å². The number of allylic oxidation sites excluding steroid dienone is 5. The third-order valence-electron chi connectivity index (χ3n) is 2.11. The number of nitrogens with zero attached hydrogens (tertiary/aromatic N) is 1. The highest BCUT2D eigenvalue weighted by atomic mass is 79.9. The SMILES string of the molecule is C\C=C/C=C(SN(C)C(C)(C)C)\C(Br)=C/C. The molecule has 0 amide bonds. The Morgan fingerprint density at radius 2 is 1.81 bits per heavy atom. The molecule has 0 saturated heterocycles. The van der Waals surface area contributed by atoms with Crippen molar-refractivity contribution in [1.82, 2.24) is 4.31 Å². The molecule has 0 aromatic rings. The number of halogens is 1. The zero-order valence-corrected chi connectivity index (χ0v) is 13.4. The fraction of sp³-hybridized carbons (Fsp3) is 0.538. The Hall–Kier alpha value is 0.01000. The summed E-state index contributed by atoms with van der Waals surface area (Å²) in [4.78, 5) is 1.22. The monoisotopic (exact) mass is 303 g/mol. The maximum atomic E-state index is 3.58. The molecule has 0 radical (unpaired) electrons. The van der Waals surface area contributed by atoms with E-state index in [1.807, 2.05) is 19.9 Å². The smallest absolute Gasteiger partial charge is 0.0369 e. The van der Waals surface area contributed by atoms with E-state index in [-0.39, 0.29) is 5.54 Å². The summed E-state index contributed by atoms with van der Waals surface area (Å²) < 4.78 is 3.39. The van der Waals surface area contributed by atoms with Gasteiger partial charge in [-0.25, -0.2) is 4.31 Å². The standard InChI is InChI=1S/C13H22BrNS/c1-7-9-10-12(11(14)8-2)16-15(6)13(3,4)5/h7-10H,1-6H3/b9-7-,11-8+,12-10+. The van der Waals surface area contributed by atoms with Gasteiger partial charge >= 0.3 is 0 Å². The minimum Gasteiger partial charge on any atom is -0.244 e. The molecule has 0 fully saturated rings. The lowest BCUT2D eigenvalue weighted by Gasteiger charge is -2.31. The first-order valence-electron chi connectivity index (χ1n) is 5.40. The Labute approximate surface area is 113 Å². The lowest BCUT2D eigenvalue weighted by molar-refractivity contribution is 0.321. The van der Waals surface area contributed by atoms with Gasteiger partial charge in [0.1, 0.15) is 0 Å². The van der Waals surface area contributed by atoms with Crippen molar-refractivity contribution in [1.29, 1.82) is 0 Å². The van der Waals surface area contributed by atoms with E-state index in [1.54, 1.807) is 11.9 Å². The fourth-order valence-electron chi connectivity index (χ4n) is 0.764. The number of rotatable bonds is 4. The molecular formula is C13H22BrNS. The van der Waals surface area contributed by atoms with Crippen LogP contribution in [0.3, 0.4) is 0 Å². The normalized spacial score (nSPS) is 15.2. The highest BCUT2D eigenvalue weighted by molar-refractivity contribution is 9.12. The van der Waals surface area contributed by atoms with Crippen molar-refractivity contribution in [3.8, 4) is 0 Å². The first-order valence-corrected chi connectivity index (χ1v) is 6.96. The van der Waals surface area contributed by atoms with Crippen molar-refractivity contribution in [2.45, 2.75) is 40.2 Å². The van der Waals surface area contributed by atoms with Gasteiger partial charge in [0, 0.05) is 14.9 Å². The highest BCUT2D eigenvalue weighted by Crippen LogP contribution is 2.34. The van der Waals surface area contributed by atoms with Crippen LogP contribution in [0.4, 0.5) is 0 Å². The average Bonchev–Trinajstić information content (AvgIpc) is 2.21. The van der Waals surface area contributed by atoms with E-state index < -0.39 is 0 Å². The van der Waals surface area contributed by atoms with Crippen LogP contribution in [-0.2, 0) is 0 Å². The zero-order valence-electron chi connectivity index (χ0n) is 11.0.